The Morgan fingerprint density at radius 3 is 2.58 bits per heavy atom. The van der Waals surface area contributed by atoms with E-state index in [0.29, 0.717) is 5.95 Å². The monoisotopic (exact) mass is 346 g/mol. The van der Waals surface area contributed by atoms with Crippen molar-refractivity contribution < 1.29 is 0 Å². The van der Waals surface area contributed by atoms with Gasteiger partial charge in [-0.25, -0.2) is 0 Å². The van der Waals surface area contributed by atoms with E-state index < -0.39 is 0 Å². The molecule has 1 fully saturated rings. The number of rotatable bonds is 6. The van der Waals surface area contributed by atoms with Crippen LogP contribution < -0.4 is 10.2 Å². The van der Waals surface area contributed by atoms with Gasteiger partial charge in [0.25, 0.3) is 0 Å². The highest BCUT2D eigenvalue weighted by atomic mass is 35.5. The first-order chi connectivity index (χ1) is 11.7. The number of benzene rings is 1. The number of nitrogens with one attached hydrogen (secondary N) is 1. The number of aromatic nitrogens is 3. The molecule has 0 aliphatic carbocycles. The third-order valence-electron chi connectivity index (χ3n) is 4.30. The largest absolute Gasteiger partial charge is 0.353 e. The van der Waals surface area contributed by atoms with E-state index in [1.807, 2.05) is 24.3 Å². The van der Waals surface area contributed by atoms with Crippen molar-refractivity contribution in [1.29, 1.82) is 0 Å². The summed E-state index contributed by atoms with van der Waals surface area (Å²) in [6.07, 6.45) is 2.63. The SMILES string of the molecule is CCN1CCN(c2cnnc(NCCc3ccc(Cl)cc3)n2)CC1. The van der Waals surface area contributed by atoms with Gasteiger partial charge in [0.15, 0.2) is 5.82 Å². The van der Waals surface area contributed by atoms with E-state index in [-0.39, 0.29) is 0 Å². The molecule has 1 aliphatic rings. The van der Waals surface area contributed by atoms with Crippen LogP contribution in [0, 0.1) is 0 Å². The maximum absolute atomic E-state index is 5.90. The molecule has 1 aromatic heterocycles. The summed E-state index contributed by atoms with van der Waals surface area (Å²) in [6, 6.07) is 7.89. The van der Waals surface area contributed by atoms with E-state index in [4.69, 9.17) is 11.6 Å². The fourth-order valence-corrected chi connectivity index (χ4v) is 2.91. The van der Waals surface area contributed by atoms with Crippen LogP contribution in [0.4, 0.5) is 11.8 Å². The Balaban J connectivity index is 1.52. The fourth-order valence-electron chi connectivity index (χ4n) is 2.79. The van der Waals surface area contributed by atoms with Crippen LogP contribution in [0.15, 0.2) is 30.5 Å². The maximum Gasteiger partial charge on any atom is 0.244 e. The molecule has 0 atom stereocenters. The average molecular weight is 347 g/mol. The van der Waals surface area contributed by atoms with Gasteiger partial charge >= 0.3 is 0 Å². The molecule has 0 unspecified atom stereocenters. The van der Waals surface area contributed by atoms with E-state index >= 15 is 0 Å². The summed E-state index contributed by atoms with van der Waals surface area (Å²) < 4.78 is 0. The number of likely N-dealkylation sites (N-methyl/N-ethyl adjacent to an activating group) is 1. The number of hydrogen-bond acceptors (Lipinski definition) is 6. The van der Waals surface area contributed by atoms with Crippen molar-refractivity contribution in [3.63, 3.8) is 0 Å². The number of anilines is 2. The van der Waals surface area contributed by atoms with Crippen molar-refractivity contribution in [3.8, 4) is 0 Å². The van der Waals surface area contributed by atoms with Gasteiger partial charge in [0, 0.05) is 37.7 Å². The molecule has 24 heavy (non-hydrogen) atoms. The number of nitrogens with zero attached hydrogens (tertiary/aromatic N) is 5. The first-order valence-corrected chi connectivity index (χ1v) is 8.77. The molecule has 0 bridgehead atoms. The molecule has 0 amide bonds. The molecular formula is C17H23ClN6. The second kappa shape index (κ2) is 8.26. The molecule has 1 aromatic carbocycles. The molecule has 0 spiro atoms. The lowest BCUT2D eigenvalue weighted by Gasteiger charge is -2.34. The zero-order valence-electron chi connectivity index (χ0n) is 14.0. The second-order valence-electron chi connectivity index (χ2n) is 5.86. The van der Waals surface area contributed by atoms with Crippen LogP contribution >= 0.6 is 11.6 Å². The third kappa shape index (κ3) is 4.55. The molecule has 6 nitrogen and oxygen atoms in total. The molecule has 0 saturated carbocycles. The highest BCUT2D eigenvalue weighted by molar-refractivity contribution is 6.30. The Kier molecular flexibility index (Phi) is 5.82. The first kappa shape index (κ1) is 16.9. The van der Waals surface area contributed by atoms with Crippen molar-refractivity contribution >= 4 is 23.4 Å². The topological polar surface area (TPSA) is 57.2 Å². The van der Waals surface area contributed by atoms with Gasteiger partial charge in [0.1, 0.15) is 0 Å². The predicted octanol–water partition coefficient (Wildman–Crippen LogP) is 2.32. The molecule has 0 radical (unpaired) electrons. The van der Waals surface area contributed by atoms with Crippen LogP contribution in [0.2, 0.25) is 5.02 Å². The van der Waals surface area contributed by atoms with Gasteiger partial charge in [-0.15, -0.1) is 5.10 Å². The quantitative estimate of drug-likeness (QED) is 0.866. The van der Waals surface area contributed by atoms with Gasteiger partial charge in [0.05, 0.1) is 6.20 Å². The van der Waals surface area contributed by atoms with Gasteiger partial charge in [0.2, 0.25) is 5.95 Å². The Bertz CT molecular complexity index is 640. The summed E-state index contributed by atoms with van der Waals surface area (Å²) in [4.78, 5) is 9.30. The Hall–Kier alpha value is -1.92. The van der Waals surface area contributed by atoms with Gasteiger partial charge in [-0.05, 0) is 30.7 Å². The Morgan fingerprint density at radius 1 is 1.12 bits per heavy atom. The molecule has 3 rings (SSSR count). The van der Waals surface area contributed by atoms with Gasteiger partial charge in [-0.2, -0.15) is 10.1 Å². The molecule has 128 valence electrons. The minimum atomic E-state index is 0.583. The minimum Gasteiger partial charge on any atom is -0.353 e. The van der Waals surface area contributed by atoms with Crippen molar-refractivity contribution in [1.82, 2.24) is 20.1 Å². The summed E-state index contributed by atoms with van der Waals surface area (Å²) in [7, 11) is 0. The molecule has 1 aliphatic heterocycles. The van der Waals surface area contributed by atoms with Crippen molar-refractivity contribution in [2.45, 2.75) is 13.3 Å². The summed E-state index contributed by atoms with van der Waals surface area (Å²) in [5.74, 6) is 1.48. The van der Waals surface area contributed by atoms with Crippen molar-refractivity contribution in [3.05, 3.63) is 41.0 Å². The van der Waals surface area contributed by atoms with Crippen molar-refractivity contribution in [2.75, 3.05) is 49.5 Å². The maximum atomic E-state index is 5.90. The van der Waals surface area contributed by atoms with Crippen LogP contribution in [0.1, 0.15) is 12.5 Å². The molecule has 2 heterocycles. The van der Waals surface area contributed by atoms with Crippen LogP contribution in [-0.2, 0) is 6.42 Å². The molecule has 1 saturated heterocycles. The summed E-state index contributed by atoms with van der Waals surface area (Å²) in [5.41, 5.74) is 1.23. The van der Waals surface area contributed by atoms with Gasteiger partial charge in [-0.3, -0.25) is 0 Å². The first-order valence-electron chi connectivity index (χ1n) is 8.40. The molecule has 7 heteroatoms. The highest BCUT2D eigenvalue weighted by Crippen LogP contribution is 2.14. The van der Waals surface area contributed by atoms with Gasteiger partial charge < -0.3 is 15.1 Å². The normalized spacial score (nSPS) is 15.5. The van der Waals surface area contributed by atoms with Crippen LogP contribution in [0.25, 0.3) is 0 Å². The van der Waals surface area contributed by atoms with E-state index in [1.165, 1.54) is 5.56 Å². The molecular weight excluding hydrogens is 324 g/mol. The summed E-state index contributed by atoms with van der Waals surface area (Å²) in [6.45, 7) is 8.17. The van der Waals surface area contributed by atoms with E-state index in [2.05, 4.69) is 37.2 Å². The lowest BCUT2D eigenvalue weighted by atomic mass is 10.1. The van der Waals surface area contributed by atoms with E-state index in [9.17, 15) is 0 Å². The summed E-state index contributed by atoms with van der Waals surface area (Å²) in [5, 5.41) is 12.2. The van der Waals surface area contributed by atoms with Crippen LogP contribution in [-0.4, -0.2) is 59.3 Å². The van der Waals surface area contributed by atoms with Crippen LogP contribution in [0.5, 0.6) is 0 Å². The number of hydrogen-bond donors (Lipinski definition) is 1. The predicted molar refractivity (Wildman–Crippen MR) is 97.8 cm³/mol. The Labute approximate surface area is 147 Å². The lowest BCUT2D eigenvalue weighted by Crippen LogP contribution is -2.46. The Morgan fingerprint density at radius 2 is 1.88 bits per heavy atom. The average Bonchev–Trinajstić information content (AvgIpc) is 2.64. The second-order valence-corrected chi connectivity index (χ2v) is 6.30. The third-order valence-corrected chi connectivity index (χ3v) is 4.55. The standard InChI is InChI=1S/C17H23ClN6/c1-2-23-9-11-24(12-10-23)16-13-20-22-17(21-16)19-8-7-14-3-5-15(18)6-4-14/h3-6,13H,2,7-12H2,1H3,(H,19,21,22). The minimum absolute atomic E-state index is 0.583. The van der Waals surface area contributed by atoms with E-state index in [1.54, 1.807) is 6.20 Å². The smallest absolute Gasteiger partial charge is 0.244 e. The van der Waals surface area contributed by atoms with Gasteiger partial charge in [-0.1, -0.05) is 30.7 Å². The lowest BCUT2D eigenvalue weighted by molar-refractivity contribution is 0.270. The van der Waals surface area contributed by atoms with Crippen molar-refractivity contribution in [2.24, 2.45) is 0 Å². The van der Waals surface area contributed by atoms with Crippen LogP contribution in [0.3, 0.4) is 0 Å². The highest BCUT2D eigenvalue weighted by Gasteiger charge is 2.17. The summed E-state index contributed by atoms with van der Waals surface area (Å²) >= 11 is 5.90. The zero-order valence-corrected chi connectivity index (χ0v) is 14.7. The molecule has 2 aromatic rings. The number of halogens is 1. The number of piperazine rings is 1. The molecule has 1 N–H and O–H groups in total. The zero-order chi connectivity index (χ0) is 16.8. The van der Waals surface area contributed by atoms with E-state index in [0.717, 1.165) is 56.5 Å². The fraction of sp³-hybridized carbons (Fsp3) is 0.471.